The van der Waals surface area contributed by atoms with Crippen LogP contribution in [0.5, 0.6) is 0 Å². The van der Waals surface area contributed by atoms with E-state index in [1.165, 1.54) is 11.1 Å². The molecular weight excluding hydrogens is 174 g/mol. The van der Waals surface area contributed by atoms with Crippen LogP contribution in [0.3, 0.4) is 0 Å². The van der Waals surface area contributed by atoms with E-state index < -0.39 is 0 Å². The number of aldehydes is 1. The minimum Gasteiger partial charge on any atom is -0.302 e. The molecule has 0 radical (unpaired) electrons. The molecule has 0 fully saturated rings. The summed E-state index contributed by atoms with van der Waals surface area (Å²) in [5.41, 5.74) is 2.63. The molecule has 0 aromatic heterocycles. The molecular formula is C12H13NO. The highest BCUT2D eigenvalue weighted by Gasteiger charge is 2.13. The lowest BCUT2D eigenvalue weighted by atomic mass is 9.93. The predicted molar refractivity (Wildman–Crippen MR) is 56.1 cm³/mol. The van der Waals surface area contributed by atoms with Crippen molar-refractivity contribution in [3.8, 4) is 0 Å². The van der Waals surface area contributed by atoms with Crippen molar-refractivity contribution < 1.29 is 4.79 Å². The van der Waals surface area contributed by atoms with Crippen molar-refractivity contribution in [3.63, 3.8) is 0 Å². The van der Waals surface area contributed by atoms with Gasteiger partial charge in [-0.05, 0) is 17.5 Å². The highest BCUT2D eigenvalue weighted by atomic mass is 16.1. The fourth-order valence-electron chi connectivity index (χ4n) is 1.81. The molecule has 2 nitrogen and oxygen atoms in total. The van der Waals surface area contributed by atoms with Gasteiger partial charge in [0.15, 0.2) is 0 Å². The molecule has 1 N–H and O–H groups in total. The fourth-order valence-corrected chi connectivity index (χ4v) is 1.81. The second kappa shape index (κ2) is 4.20. The summed E-state index contributed by atoms with van der Waals surface area (Å²) in [7, 11) is 0. The molecule has 2 rings (SSSR count). The zero-order valence-electron chi connectivity index (χ0n) is 7.94. The lowest BCUT2D eigenvalue weighted by molar-refractivity contribution is -0.107. The highest BCUT2D eigenvalue weighted by Crippen LogP contribution is 2.23. The first-order valence-electron chi connectivity index (χ1n) is 4.83. The van der Waals surface area contributed by atoms with E-state index in [4.69, 9.17) is 0 Å². The van der Waals surface area contributed by atoms with Crippen molar-refractivity contribution >= 4 is 6.29 Å². The summed E-state index contributed by atoms with van der Waals surface area (Å²) < 4.78 is 0. The molecule has 0 bridgehead atoms. The zero-order chi connectivity index (χ0) is 9.80. The van der Waals surface area contributed by atoms with Crippen molar-refractivity contribution in [2.45, 2.75) is 12.5 Å². The molecule has 0 amide bonds. The Morgan fingerprint density at radius 3 is 3.14 bits per heavy atom. The molecule has 72 valence electrons. The third kappa shape index (κ3) is 1.75. The second-order valence-electron chi connectivity index (χ2n) is 3.38. The van der Waals surface area contributed by atoms with Crippen molar-refractivity contribution in [3.05, 3.63) is 47.5 Å². The third-order valence-corrected chi connectivity index (χ3v) is 2.48. The lowest BCUT2D eigenvalue weighted by Gasteiger charge is -2.20. The number of rotatable bonds is 3. The van der Waals surface area contributed by atoms with Gasteiger partial charge in [0.25, 0.3) is 0 Å². The van der Waals surface area contributed by atoms with Crippen LogP contribution in [-0.4, -0.2) is 12.8 Å². The molecule has 0 saturated heterocycles. The number of fused-ring (bicyclic) bond motifs is 1. The van der Waals surface area contributed by atoms with Crippen LogP contribution in [0, 0.1) is 0 Å². The lowest BCUT2D eigenvalue weighted by Crippen LogP contribution is -2.24. The molecule has 1 aromatic rings. The summed E-state index contributed by atoms with van der Waals surface area (Å²) in [5.74, 6) is 0. The molecule has 1 atom stereocenters. The van der Waals surface area contributed by atoms with Gasteiger partial charge in [0.2, 0.25) is 0 Å². The van der Waals surface area contributed by atoms with E-state index in [2.05, 4.69) is 35.7 Å². The summed E-state index contributed by atoms with van der Waals surface area (Å²) in [5, 5.41) is 3.17. The van der Waals surface area contributed by atoms with Gasteiger partial charge in [-0.2, -0.15) is 0 Å². The van der Waals surface area contributed by atoms with E-state index in [1.807, 2.05) is 6.07 Å². The smallest absolute Gasteiger partial charge is 0.133 e. The second-order valence-corrected chi connectivity index (χ2v) is 3.38. The van der Waals surface area contributed by atoms with Gasteiger partial charge in [-0.3, -0.25) is 0 Å². The van der Waals surface area contributed by atoms with Crippen LogP contribution in [0.2, 0.25) is 0 Å². The largest absolute Gasteiger partial charge is 0.302 e. The van der Waals surface area contributed by atoms with Gasteiger partial charge in [0, 0.05) is 0 Å². The van der Waals surface area contributed by atoms with Gasteiger partial charge in [-0.25, -0.2) is 0 Å². The van der Waals surface area contributed by atoms with E-state index in [9.17, 15) is 4.79 Å². The summed E-state index contributed by atoms with van der Waals surface area (Å²) in [6.45, 7) is 0.406. The molecule has 1 aliphatic carbocycles. The first-order chi connectivity index (χ1) is 6.92. The Bertz CT molecular complexity index is 357. The number of benzene rings is 1. The summed E-state index contributed by atoms with van der Waals surface area (Å²) in [6.07, 6.45) is 6.15. The van der Waals surface area contributed by atoms with Crippen molar-refractivity contribution in [2.24, 2.45) is 0 Å². The van der Waals surface area contributed by atoms with Gasteiger partial charge in [0.1, 0.15) is 6.29 Å². The van der Waals surface area contributed by atoms with Crippen LogP contribution >= 0.6 is 0 Å². The molecule has 1 unspecified atom stereocenters. The number of carbonyl (C=O) groups excluding carboxylic acids is 1. The third-order valence-electron chi connectivity index (χ3n) is 2.48. The maximum atomic E-state index is 10.3. The van der Waals surface area contributed by atoms with E-state index in [0.717, 1.165) is 12.7 Å². The van der Waals surface area contributed by atoms with Crippen molar-refractivity contribution in [2.75, 3.05) is 6.54 Å². The summed E-state index contributed by atoms with van der Waals surface area (Å²) >= 11 is 0. The van der Waals surface area contributed by atoms with Crippen molar-refractivity contribution in [1.29, 1.82) is 0 Å². The Hall–Kier alpha value is -1.41. The molecule has 0 heterocycles. The molecule has 0 spiro atoms. The minimum absolute atomic E-state index is 0.199. The van der Waals surface area contributed by atoms with Crippen LogP contribution < -0.4 is 5.32 Å². The van der Waals surface area contributed by atoms with E-state index in [-0.39, 0.29) is 6.04 Å². The Morgan fingerprint density at radius 2 is 2.29 bits per heavy atom. The Balaban J connectivity index is 2.22. The first kappa shape index (κ1) is 9.16. The van der Waals surface area contributed by atoms with E-state index in [0.29, 0.717) is 6.54 Å². The van der Waals surface area contributed by atoms with Crippen LogP contribution in [0.4, 0.5) is 0 Å². The quantitative estimate of drug-likeness (QED) is 0.575. The summed E-state index contributed by atoms with van der Waals surface area (Å²) in [6, 6.07) is 8.53. The highest BCUT2D eigenvalue weighted by molar-refractivity contribution is 5.52. The SMILES string of the molecule is O=CCNC1C=CCc2ccccc21. The van der Waals surface area contributed by atoms with E-state index >= 15 is 0 Å². The predicted octanol–water partition coefficient (Wildman–Crippen LogP) is 1.63. The van der Waals surface area contributed by atoms with Gasteiger partial charge in [-0.15, -0.1) is 0 Å². The number of allylic oxidation sites excluding steroid dienone is 1. The maximum absolute atomic E-state index is 10.3. The van der Waals surface area contributed by atoms with Crippen molar-refractivity contribution in [1.82, 2.24) is 5.32 Å². The number of carbonyl (C=O) groups is 1. The van der Waals surface area contributed by atoms with Crippen LogP contribution in [-0.2, 0) is 11.2 Å². The maximum Gasteiger partial charge on any atom is 0.133 e. The number of nitrogens with one attached hydrogen (secondary N) is 1. The topological polar surface area (TPSA) is 29.1 Å². The molecule has 0 saturated carbocycles. The average Bonchev–Trinajstić information content (AvgIpc) is 2.26. The fraction of sp³-hybridized carbons (Fsp3) is 0.250. The Morgan fingerprint density at radius 1 is 1.43 bits per heavy atom. The Kier molecular flexibility index (Phi) is 2.75. The monoisotopic (exact) mass is 187 g/mol. The van der Waals surface area contributed by atoms with Crippen LogP contribution in [0.25, 0.3) is 0 Å². The number of hydrogen-bond donors (Lipinski definition) is 1. The van der Waals surface area contributed by atoms with Crippen LogP contribution in [0.1, 0.15) is 17.2 Å². The summed E-state index contributed by atoms with van der Waals surface area (Å²) in [4.78, 5) is 10.3. The molecule has 2 heteroatoms. The van der Waals surface area contributed by atoms with Crippen LogP contribution in [0.15, 0.2) is 36.4 Å². The van der Waals surface area contributed by atoms with E-state index in [1.54, 1.807) is 0 Å². The molecule has 1 aliphatic rings. The molecule has 0 aliphatic heterocycles. The van der Waals surface area contributed by atoms with Gasteiger partial charge in [0.05, 0.1) is 12.6 Å². The average molecular weight is 187 g/mol. The zero-order valence-corrected chi connectivity index (χ0v) is 7.94. The first-order valence-corrected chi connectivity index (χ1v) is 4.83. The Labute approximate surface area is 83.6 Å². The van der Waals surface area contributed by atoms with Gasteiger partial charge >= 0.3 is 0 Å². The molecule has 14 heavy (non-hydrogen) atoms. The minimum atomic E-state index is 0.199. The normalized spacial score (nSPS) is 19.0. The molecule has 1 aromatic carbocycles. The number of hydrogen-bond acceptors (Lipinski definition) is 2. The van der Waals surface area contributed by atoms with Gasteiger partial charge < -0.3 is 10.1 Å². The standard InChI is InChI=1S/C12H13NO/c14-9-8-13-12-7-3-5-10-4-1-2-6-11(10)12/h1-4,6-7,9,12-13H,5,8H2. The van der Waals surface area contributed by atoms with Gasteiger partial charge in [-0.1, -0.05) is 36.4 Å².